The highest BCUT2D eigenvalue weighted by Crippen LogP contribution is 2.27. The van der Waals surface area contributed by atoms with E-state index in [1.54, 1.807) is 0 Å². The molecule has 2 N–H and O–H groups in total. The van der Waals surface area contributed by atoms with Gasteiger partial charge in [0.25, 0.3) is 5.91 Å². The van der Waals surface area contributed by atoms with Crippen LogP contribution in [0.15, 0.2) is 42.5 Å². The molecule has 1 aromatic heterocycles. The molecule has 0 atom stereocenters. The summed E-state index contributed by atoms with van der Waals surface area (Å²) < 4.78 is 5.14. The molecule has 0 unspecified atom stereocenters. The van der Waals surface area contributed by atoms with E-state index in [0.29, 0.717) is 24.4 Å². The van der Waals surface area contributed by atoms with E-state index >= 15 is 0 Å². The highest BCUT2D eigenvalue weighted by atomic mass is 32.1. The summed E-state index contributed by atoms with van der Waals surface area (Å²) in [5.41, 5.74) is 0.599. The van der Waals surface area contributed by atoms with Crippen LogP contribution in [0.25, 0.3) is 10.4 Å². The van der Waals surface area contributed by atoms with Gasteiger partial charge in [0, 0.05) is 18.0 Å². The molecule has 0 bridgehead atoms. The second-order valence-corrected chi connectivity index (χ2v) is 7.65. The predicted octanol–water partition coefficient (Wildman–Crippen LogP) is 4.06. The Kier molecular flexibility index (Phi) is 6.58. The molecule has 25 heavy (non-hydrogen) atoms. The first-order chi connectivity index (χ1) is 11.8. The number of carbonyl (C=O) groups is 2. The van der Waals surface area contributed by atoms with Gasteiger partial charge in [0.2, 0.25) is 0 Å². The summed E-state index contributed by atoms with van der Waals surface area (Å²) >= 11 is 1.47. The summed E-state index contributed by atoms with van der Waals surface area (Å²) in [5.74, 6) is -0.0931. The molecule has 5 nitrogen and oxygen atoms in total. The van der Waals surface area contributed by atoms with Crippen LogP contribution in [0.4, 0.5) is 4.79 Å². The van der Waals surface area contributed by atoms with Crippen LogP contribution in [0.3, 0.4) is 0 Å². The van der Waals surface area contributed by atoms with Crippen LogP contribution in [0.2, 0.25) is 0 Å². The first-order valence-corrected chi connectivity index (χ1v) is 9.07. The Balaban J connectivity index is 1.71. The van der Waals surface area contributed by atoms with Crippen molar-refractivity contribution in [1.29, 1.82) is 0 Å². The molecule has 0 aliphatic rings. The van der Waals surface area contributed by atoms with Gasteiger partial charge in [-0.25, -0.2) is 4.79 Å². The third-order valence-electron chi connectivity index (χ3n) is 3.20. The number of ether oxygens (including phenoxy) is 1. The molecule has 0 spiro atoms. The van der Waals surface area contributed by atoms with Crippen LogP contribution in [0.1, 0.15) is 36.9 Å². The number of benzene rings is 1. The smallest absolute Gasteiger partial charge is 0.407 e. The number of hydrogen-bond donors (Lipinski definition) is 2. The summed E-state index contributed by atoms with van der Waals surface area (Å²) in [6.07, 6.45) is 0.201. The van der Waals surface area contributed by atoms with Crippen LogP contribution < -0.4 is 10.6 Å². The highest BCUT2D eigenvalue weighted by Gasteiger charge is 2.15. The van der Waals surface area contributed by atoms with E-state index in [1.807, 2.05) is 63.2 Å². The van der Waals surface area contributed by atoms with Gasteiger partial charge in [0.05, 0.1) is 4.88 Å². The van der Waals surface area contributed by atoms with E-state index in [2.05, 4.69) is 10.6 Å². The van der Waals surface area contributed by atoms with Crippen LogP contribution >= 0.6 is 11.3 Å². The third-order valence-corrected chi connectivity index (χ3v) is 4.33. The van der Waals surface area contributed by atoms with Gasteiger partial charge in [-0.05, 0) is 44.9 Å². The molecule has 6 heteroatoms. The molecule has 0 saturated heterocycles. The lowest BCUT2D eigenvalue weighted by molar-refractivity contribution is 0.0527. The predicted molar refractivity (Wildman–Crippen MR) is 101 cm³/mol. The Bertz CT molecular complexity index is 705. The van der Waals surface area contributed by atoms with E-state index in [4.69, 9.17) is 4.74 Å². The first-order valence-electron chi connectivity index (χ1n) is 8.25. The van der Waals surface area contributed by atoms with Crippen molar-refractivity contribution < 1.29 is 14.3 Å². The summed E-state index contributed by atoms with van der Waals surface area (Å²) in [6.45, 7) is 6.40. The van der Waals surface area contributed by atoms with Crippen LogP contribution in [0.5, 0.6) is 0 Å². The topological polar surface area (TPSA) is 67.4 Å². The lowest BCUT2D eigenvalue weighted by Crippen LogP contribution is -2.34. The number of alkyl carbamates (subject to hydrolysis) is 1. The SMILES string of the molecule is CC(C)(C)OC(=O)NCCCNC(=O)c1ccc(-c2ccccc2)s1. The molecular formula is C19H24N2O3S. The molecule has 0 aliphatic heterocycles. The lowest BCUT2D eigenvalue weighted by Gasteiger charge is -2.19. The average Bonchev–Trinajstić information content (AvgIpc) is 3.03. The van der Waals surface area contributed by atoms with Gasteiger partial charge in [-0.15, -0.1) is 11.3 Å². The monoisotopic (exact) mass is 360 g/mol. The van der Waals surface area contributed by atoms with Crippen LogP contribution in [0, 0.1) is 0 Å². The highest BCUT2D eigenvalue weighted by molar-refractivity contribution is 7.17. The zero-order valence-electron chi connectivity index (χ0n) is 14.8. The van der Waals surface area contributed by atoms with Crippen molar-refractivity contribution in [3.8, 4) is 10.4 Å². The van der Waals surface area contributed by atoms with E-state index in [-0.39, 0.29) is 5.91 Å². The van der Waals surface area contributed by atoms with Crippen LogP contribution in [-0.4, -0.2) is 30.7 Å². The maximum absolute atomic E-state index is 12.2. The molecule has 0 radical (unpaired) electrons. The summed E-state index contributed by atoms with van der Waals surface area (Å²) in [7, 11) is 0. The van der Waals surface area contributed by atoms with Gasteiger partial charge in [-0.3, -0.25) is 4.79 Å². The minimum Gasteiger partial charge on any atom is -0.444 e. The molecule has 0 aliphatic carbocycles. The molecule has 2 aromatic rings. The fraction of sp³-hybridized carbons (Fsp3) is 0.368. The quantitative estimate of drug-likeness (QED) is 0.764. The molecule has 1 heterocycles. The number of hydrogen-bond acceptors (Lipinski definition) is 4. The number of rotatable bonds is 6. The maximum atomic E-state index is 12.2. The Labute approximate surface area is 152 Å². The van der Waals surface area contributed by atoms with Crippen molar-refractivity contribution >= 4 is 23.3 Å². The normalized spacial score (nSPS) is 11.0. The Hall–Kier alpha value is -2.34. The third kappa shape index (κ3) is 6.58. The van der Waals surface area contributed by atoms with Gasteiger partial charge in [0.1, 0.15) is 5.60 Å². The molecule has 0 saturated carbocycles. The zero-order chi connectivity index (χ0) is 18.3. The standard InChI is InChI=1S/C19H24N2O3S/c1-19(2,3)24-18(23)21-13-7-12-20-17(22)16-11-10-15(25-16)14-8-5-4-6-9-14/h4-6,8-11H,7,12-13H2,1-3H3,(H,20,22)(H,21,23). The summed E-state index contributed by atoms with van der Waals surface area (Å²) in [5, 5.41) is 5.53. The number of carbonyl (C=O) groups excluding carboxylic acids is 2. The van der Waals surface area contributed by atoms with Crippen LogP contribution in [-0.2, 0) is 4.74 Å². The molecule has 1 aromatic carbocycles. The molecule has 0 fully saturated rings. The number of thiophene rings is 1. The summed E-state index contributed by atoms with van der Waals surface area (Å²) in [4.78, 5) is 25.4. The minimum atomic E-state index is -0.506. The number of nitrogens with one attached hydrogen (secondary N) is 2. The van der Waals surface area contributed by atoms with Crippen molar-refractivity contribution in [3.05, 3.63) is 47.3 Å². The number of amides is 2. The largest absolute Gasteiger partial charge is 0.444 e. The first kappa shape index (κ1) is 19.0. The molecular weight excluding hydrogens is 336 g/mol. The second kappa shape index (κ2) is 8.67. The van der Waals surface area contributed by atoms with Crippen molar-refractivity contribution in [1.82, 2.24) is 10.6 Å². The Morgan fingerprint density at radius 1 is 1.00 bits per heavy atom. The zero-order valence-corrected chi connectivity index (χ0v) is 15.6. The Morgan fingerprint density at radius 3 is 2.36 bits per heavy atom. The fourth-order valence-electron chi connectivity index (χ4n) is 2.10. The van der Waals surface area contributed by atoms with E-state index in [9.17, 15) is 9.59 Å². The maximum Gasteiger partial charge on any atom is 0.407 e. The minimum absolute atomic E-state index is 0.0931. The van der Waals surface area contributed by atoms with Crippen molar-refractivity contribution in [2.45, 2.75) is 32.8 Å². The molecule has 2 rings (SSSR count). The van der Waals surface area contributed by atoms with E-state index in [0.717, 1.165) is 10.4 Å². The van der Waals surface area contributed by atoms with Crippen molar-refractivity contribution in [3.63, 3.8) is 0 Å². The second-order valence-electron chi connectivity index (χ2n) is 6.57. The van der Waals surface area contributed by atoms with Gasteiger partial charge >= 0.3 is 6.09 Å². The van der Waals surface area contributed by atoms with Crippen molar-refractivity contribution in [2.24, 2.45) is 0 Å². The van der Waals surface area contributed by atoms with Gasteiger partial charge < -0.3 is 15.4 Å². The lowest BCUT2D eigenvalue weighted by atomic mass is 10.2. The fourth-order valence-corrected chi connectivity index (χ4v) is 3.03. The molecule has 134 valence electrons. The van der Waals surface area contributed by atoms with Gasteiger partial charge in [-0.2, -0.15) is 0 Å². The van der Waals surface area contributed by atoms with Crippen molar-refractivity contribution in [2.75, 3.05) is 13.1 Å². The molecule has 2 amide bonds. The Morgan fingerprint density at radius 2 is 1.68 bits per heavy atom. The van der Waals surface area contributed by atoms with E-state index in [1.165, 1.54) is 11.3 Å². The van der Waals surface area contributed by atoms with Gasteiger partial charge in [-0.1, -0.05) is 30.3 Å². The summed E-state index contributed by atoms with van der Waals surface area (Å²) in [6, 6.07) is 13.8. The average molecular weight is 360 g/mol. The van der Waals surface area contributed by atoms with E-state index < -0.39 is 11.7 Å². The van der Waals surface area contributed by atoms with Gasteiger partial charge in [0.15, 0.2) is 0 Å².